The van der Waals surface area contributed by atoms with Gasteiger partial charge in [-0.2, -0.15) is 0 Å². The van der Waals surface area contributed by atoms with Crippen molar-refractivity contribution in [2.45, 2.75) is 32.3 Å². The highest BCUT2D eigenvalue weighted by Crippen LogP contribution is 2.28. The highest BCUT2D eigenvalue weighted by atomic mass is 32.1. The van der Waals surface area contributed by atoms with Crippen molar-refractivity contribution >= 4 is 28.2 Å². The Hall–Kier alpha value is -2.94. The molecule has 3 heterocycles. The average molecular weight is 387 g/mol. The van der Waals surface area contributed by atoms with E-state index in [2.05, 4.69) is 10.3 Å². The summed E-state index contributed by atoms with van der Waals surface area (Å²) in [6, 6.07) is 4.47. The number of fused-ring (bicyclic) bond motifs is 3. The number of aromatic nitrogens is 2. The van der Waals surface area contributed by atoms with Crippen LogP contribution in [0.1, 0.15) is 39.7 Å². The molecule has 4 rings (SSSR count). The summed E-state index contributed by atoms with van der Waals surface area (Å²) in [6.45, 7) is -0.419. The third kappa shape index (κ3) is 3.63. The minimum absolute atomic E-state index is 0.115. The van der Waals surface area contributed by atoms with Crippen LogP contribution in [0.5, 0.6) is 0 Å². The normalized spacial score (nSPS) is 13.3. The molecule has 8 nitrogen and oxygen atoms in total. The van der Waals surface area contributed by atoms with Crippen molar-refractivity contribution in [3.63, 3.8) is 0 Å². The fourth-order valence-corrected chi connectivity index (χ4v) is 4.30. The van der Waals surface area contributed by atoms with E-state index in [-0.39, 0.29) is 24.5 Å². The highest BCUT2D eigenvalue weighted by Gasteiger charge is 2.19. The molecule has 0 bridgehead atoms. The molecule has 0 atom stereocenters. The monoisotopic (exact) mass is 387 g/mol. The standard InChI is InChI=1S/C18H17N3O5S/c22-15-8-11(20-18-21(15)12-4-1-2-6-14(12)27-18)10-26-16(23)9-19-17(24)13-5-3-7-25-13/h3,5,7-8H,1-2,4,6,9-10H2,(H,19,24). The molecule has 3 aromatic rings. The number of rotatable bonds is 5. The second-order valence-corrected chi connectivity index (χ2v) is 7.27. The van der Waals surface area contributed by atoms with Crippen LogP contribution in [0.15, 0.2) is 33.7 Å². The van der Waals surface area contributed by atoms with Crippen molar-refractivity contribution in [1.82, 2.24) is 14.7 Å². The Morgan fingerprint density at radius 1 is 1.33 bits per heavy atom. The molecule has 0 aliphatic heterocycles. The van der Waals surface area contributed by atoms with E-state index in [0.717, 1.165) is 31.4 Å². The minimum atomic E-state index is -0.623. The molecule has 0 fully saturated rings. The predicted octanol–water partition coefficient (Wildman–Crippen LogP) is 1.70. The van der Waals surface area contributed by atoms with E-state index in [1.807, 2.05) is 0 Å². The molecule has 27 heavy (non-hydrogen) atoms. The number of ether oxygens (including phenoxy) is 1. The molecule has 1 aliphatic rings. The second-order valence-electron chi connectivity index (χ2n) is 6.20. The third-order valence-corrected chi connectivity index (χ3v) is 5.48. The van der Waals surface area contributed by atoms with Crippen LogP contribution in [0, 0.1) is 0 Å². The van der Waals surface area contributed by atoms with Gasteiger partial charge < -0.3 is 14.5 Å². The average Bonchev–Trinajstić information content (AvgIpc) is 3.32. The summed E-state index contributed by atoms with van der Waals surface area (Å²) >= 11 is 1.52. The Kier molecular flexibility index (Phi) is 4.76. The van der Waals surface area contributed by atoms with E-state index in [1.165, 1.54) is 34.6 Å². The number of nitrogens with one attached hydrogen (secondary N) is 1. The van der Waals surface area contributed by atoms with Gasteiger partial charge in [-0.1, -0.05) is 0 Å². The number of furan rings is 1. The zero-order chi connectivity index (χ0) is 18.8. The number of amides is 1. The summed E-state index contributed by atoms with van der Waals surface area (Å²) in [5, 5.41) is 2.40. The van der Waals surface area contributed by atoms with Crippen LogP contribution in [0.3, 0.4) is 0 Å². The molecule has 140 valence electrons. The van der Waals surface area contributed by atoms with Crippen molar-refractivity contribution in [2.75, 3.05) is 6.54 Å². The first kappa shape index (κ1) is 17.5. The van der Waals surface area contributed by atoms with Gasteiger partial charge in [0.2, 0.25) is 0 Å². The lowest BCUT2D eigenvalue weighted by Gasteiger charge is -2.10. The maximum Gasteiger partial charge on any atom is 0.325 e. The van der Waals surface area contributed by atoms with Gasteiger partial charge in [0.05, 0.1) is 12.0 Å². The molecular formula is C18H17N3O5S. The maximum absolute atomic E-state index is 12.4. The fourth-order valence-electron chi connectivity index (χ4n) is 3.07. The van der Waals surface area contributed by atoms with Crippen LogP contribution >= 0.6 is 11.3 Å². The Balaban J connectivity index is 1.39. The maximum atomic E-state index is 12.4. The Bertz CT molecular complexity index is 1050. The van der Waals surface area contributed by atoms with Crippen LogP contribution < -0.4 is 10.9 Å². The minimum Gasteiger partial charge on any atom is -0.459 e. The molecule has 0 saturated carbocycles. The first-order valence-electron chi connectivity index (χ1n) is 8.62. The van der Waals surface area contributed by atoms with Gasteiger partial charge in [-0.15, -0.1) is 11.3 Å². The molecule has 0 unspecified atom stereocenters. The molecular weight excluding hydrogens is 370 g/mol. The SMILES string of the molecule is O=C(CNC(=O)c1ccco1)OCc1cc(=O)n2c3c(sc2n1)CCCC3. The molecule has 0 aromatic carbocycles. The number of esters is 1. The van der Waals surface area contributed by atoms with E-state index >= 15 is 0 Å². The van der Waals surface area contributed by atoms with Crippen LogP contribution in [-0.2, 0) is 29.0 Å². The van der Waals surface area contributed by atoms with Gasteiger partial charge in [-0.05, 0) is 37.8 Å². The van der Waals surface area contributed by atoms with Gasteiger partial charge >= 0.3 is 5.97 Å². The van der Waals surface area contributed by atoms with Gasteiger partial charge in [0.15, 0.2) is 10.7 Å². The molecule has 0 radical (unpaired) electrons. The quantitative estimate of drug-likeness (QED) is 0.669. The molecule has 1 aliphatic carbocycles. The third-order valence-electron chi connectivity index (χ3n) is 4.33. The van der Waals surface area contributed by atoms with Crippen molar-refractivity contribution in [3.05, 3.63) is 56.8 Å². The van der Waals surface area contributed by atoms with E-state index in [1.54, 1.807) is 10.5 Å². The number of hydrogen-bond donors (Lipinski definition) is 1. The summed E-state index contributed by atoms with van der Waals surface area (Å²) in [7, 11) is 0. The van der Waals surface area contributed by atoms with Crippen molar-refractivity contribution in [2.24, 2.45) is 0 Å². The van der Waals surface area contributed by atoms with E-state index in [0.29, 0.717) is 10.7 Å². The van der Waals surface area contributed by atoms with Crippen LogP contribution in [0.4, 0.5) is 0 Å². The molecule has 1 amide bonds. The number of hydrogen-bond acceptors (Lipinski definition) is 7. The fraction of sp³-hybridized carbons (Fsp3) is 0.333. The van der Waals surface area contributed by atoms with Gasteiger partial charge in [-0.3, -0.25) is 18.8 Å². The summed E-state index contributed by atoms with van der Waals surface area (Å²) in [5.41, 5.74) is 1.30. The van der Waals surface area contributed by atoms with Crippen molar-refractivity contribution < 1.29 is 18.7 Å². The lowest BCUT2D eigenvalue weighted by molar-refractivity contribution is -0.143. The van der Waals surface area contributed by atoms with E-state index in [4.69, 9.17) is 9.15 Å². The van der Waals surface area contributed by atoms with Crippen LogP contribution in [-0.4, -0.2) is 27.8 Å². The number of carbonyl (C=O) groups is 2. The van der Waals surface area contributed by atoms with Gasteiger partial charge in [0.1, 0.15) is 13.2 Å². The summed E-state index contributed by atoms with van der Waals surface area (Å²) < 4.78 is 11.7. The second kappa shape index (κ2) is 7.36. The van der Waals surface area contributed by atoms with Gasteiger partial charge in [0, 0.05) is 16.6 Å². The summed E-state index contributed by atoms with van der Waals surface area (Å²) in [5.74, 6) is -1.01. The topological polar surface area (TPSA) is 103 Å². The van der Waals surface area contributed by atoms with Gasteiger partial charge in [-0.25, -0.2) is 4.98 Å². The lowest BCUT2D eigenvalue weighted by atomic mass is 10.0. The Morgan fingerprint density at radius 2 is 2.19 bits per heavy atom. The number of nitrogens with zero attached hydrogens (tertiary/aromatic N) is 2. The molecule has 0 saturated heterocycles. The zero-order valence-electron chi connectivity index (χ0n) is 14.4. The molecule has 3 aromatic heterocycles. The first-order chi connectivity index (χ1) is 13.1. The lowest BCUT2D eigenvalue weighted by Crippen LogP contribution is -2.30. The van der Waals surface area contributed by atoms with Crippen molar-refractivity contribution in [3.8, 4) is 0 Å². The molecule has 0 spiro atoms. The van der Waals surface area contributed by atoms with Gasteiger partial charge in [0.25, 0.3) is 11.5 Å². The summed E-state index contributed by atoms with van der Waals surface area (Å²) in [4.78, 5) is 42.3. The number of carbonyl (C=O) groups excluding carboxylic acids is 2. The van der Waals surface area contributed by atoms with Crippen LogP contribution in [0.25, 0.3) is 4.96 Å². The zero-order valence-corrected chi connectivity index (χ0v) is 15.2. The Morgan fingerprint density at radius 3 is 3.00 bits per heavy atom. The highest BCUT2D eigenvalue weighted by molar-refractivity contribution is 7.17. The molecule has 9 heteroatoms. The number of thiazole rings is 1. The Labute approximate surface area is 157 Å². The molecule has 1 N–H and O–H groups in total. The number of aryl methyl sites for hydroxylation is 2. The summed E-state index contributed by atoms with van der Waals surface area (Å²) in [6.07, 6.45) is 5.44. The van der Waals surface area contributed by atoms with E-state index in [9.17, 15) is 14.4 Å². The van der Waals surface area contributed by atoms with E-state index < -0.39 is 11.9 Å². The first-order valence-corrected chi connectivity index (χ1v) is 9.44. The largest absolute Gasteiger partial charge is 0.459 e. The van der Waals surface area contributed by atoms with Crippen molar-refractivity contribution in [1.29, 1.82) is 0 Å². The smallest absolute Gasteiger partial charge is 0.325 e. The van der Waals surface area contributed by atoms with Crippen LogP contribution in [0.2, 0.25) is 0 Å². The predicted molar refractivity (Wildman–Crippen MR) is 96.8 cm³/mol.